The van der Waals surface area contributed by atoms with Crippen LogP contribution in [-0.2, 0) is 4.79 Å². The van der Waals surface area contributed by atoms with Gasteiger partial charge in [0, 0.05) is 37.8 Å². The fourth-order valence-corrected chi connectivity index (χ4v) is 5.26. The number of hydrogen-bond donors (Lipinski definition) is 2. The Labute approximate surface area is 182 Å². The Balaban J connectivity index is 1.29. The summed E-state index contributed by atoms with van der Waals surface area (Å²) in [5.74, 6) is 0.743. The van der Waals surface area contributed by atoms with E-state index in [1.165, 1.54) is 51.7 Å². The molecule has 168 valence electrons. The van der Waals surface area contributed by atoms with Gasteiger partial charge in [-0.25, -0.2) is 0 Å². The first-order chi connectivity index (χ1) is 14.5. The molecule has 6 nitrogen and oxygen atoms in total. The van der Waals surface area contributed by atoms with Crippen molar-refractivity contribution in [2.45, 2.75) is 77.2 Å². The molecule has 2 unspecified atom stereocenters. The normalized spacial score (nSPS) is 30.1. The summed E-state index contributed by atoms with van der Waals surface area (Å²) in [5, 5.41) is 6.58. The van der Waals surface area contributed by atoms with Gasteiger partial charge in [-0.05, 0) is 90.6 Å². The molecule has 1 amide bonds. The molecular formula is C24H41N5O. The number of nitrogens with zero attached hydrogens (tertiary/aromatic N) is 3. The van der Waals surface area contributed by atoms with Crippen molar-refractivity contribution in [1.29, 1.82) is 0 Å². The van der Waals surface area contributed by atoms with Crippen LogP contribution in [0.5, 0.6) is 0 Å². The zero-order valence-electron chi connectivity index (χ0n) is 19.1. The molecule has 2 N–H and O–H groups in total. The van der Waals surface area contributed by atoms with Gasteiger partial charge in [0.15, 0.2) is 0 Å². The van der Waals surface area contributed by atoms with Gasteiger partial charge >= 0.3 is 0 Å². The van der Waals surface area contributed by atoms with Crippen LogP contribution in [0, 0.1) is 5.92 Å². The van der Waals surface area contributed by atoms with Crippen LogP contribution in [0.15, 0.2) is 23.9 Å². The minimum atomic E-state index is 0.0395. The molecule has 4 rings (SSSR count). The van der Waals surface area contributed by atoms with Crippen LogP contribution in [0.4, 0.5) is 0 Å². The monoisotopic (exact) mass is 415 g/mol. The number of likely N-dealkylation sites (tertiary alicyclic amines) is 1. The summed E-state index contributed by atoms with van der Waals surface area (Å²) < 4.78 is 0. The van der Waals surface area contributed by atoms with Crippen LogP contribution in [0.25, 0.3) is 0 Å². The number of piperidine rings is 1. The van der Waals surface area contributed by atoms with Gasteiger partial charge in [-0.1, -0.05) is 6.08 Å². The van der Waals surface area contributed by atoms with E-state index in [1.54, 1.807) is 0 Å². The molecule has 3 aliphatic heterocycles. The molecule has 30 heavy (non-hydrogen) atoms. The van der Waals surface area contributed by atoms with Crippen LogP contribution < -0.4 is 10.6 Å². The highest BCUT2D eigenvalue weighted by atomic mass is 16.2. The molecule has 2 saturated heterocycles. The Bertz CT molecular complexity index is 648. The quantitative estimate of drug-likeness (QED) is 0.696. The van der Waals surface area contributed by atoms with Gasteiger partial charge in [0.05, 0.1) is 6.17 Å². The largest absolute Gasteiger partial charge is 0.362 e. The zero-order valence-corrected chi connectivity index (χ0v) is 19.1. The third kappa shape index (κ3) is 5.45. The fraction of sp³-hybridized carbons (Fsp3) is 0.792. The number of rotatable bonds is 6. The third-order valence-electron chi connectivity index (χ3n) is 7.37. The van der Waals surface area contributed by atoms with Gasteiger partial charge < -0.3 is 15.5 Å². The minimum Gasteiger partial charge on any atom is -0.362 e. The Morgan fingerprint density at radius 1 is 1.17 bits per heavy atom. The summed E-state index contributed by atoms with van der Waals surface area (Å²) in [6, 6.07) is 1.92. The maximum Gasteiger partial charge on any atom is 0.267 e. The topological polar surface area (TPSA) is 50.9 Å². The second-order valence-corrected chi connectivity index (χ2v) is 10.0. The molecule has 0 bridgehead atoms. The maximum absolute atomic E-state index is 12.5. The first-order valence-electron chi connectivity index (χ1n) is 12.2. The lowest BCUT2D eigenvalue weighted by atomic mass is 10.00. The van der Waals surface area contributed by atoms with Crippen molar-refractivity contribution < 1.29 is 4.79 Å². The summed E-state index contributed by atoms with van der Waals surface area (Å²) in [4.78, 5) is 20.4. The van der Waals surface area contributed by atoms with Crippen molar-refractivity contribution in [2.75, 3.05) is 39.3 Å². The number of nitrogens with one attached hydrogen (secondary N) is 2. The van der Waals surface area contributed by atoms with Crippen LogP contribution in [0.2, 0.25) is 0 Å². The summed E-state index contributed by atoms with van der Waals surface area (Å²) >= 11 is 0. The van der Waals surface area contributed by atoms with E-state index < -0.39 is 0 Å². The highest BCUT2D eigenvalue weighted by Gasteiger charge is 2.33. The second kappa shape index (κ2) is 9.84. The zero-order chi connectivity index (χ0) is 21.1. The molecule has 1 saturated carbocycles. The summed E-state index contributed by atoms with van der Waals surface area (Å²) in [6.07, 6.45) is 12.5. The van der Waals surface area contributed by atoms with Crippen molar-refractivity contribution in [3.63, 3.8) is 0 Å². The van der Waals surface area contributed by atoms with E-state index in [0.717, 1.165) is 19.6 Å². The predicted molar refractivity (Wildman–Crippen MR) is 122 cm³/mol. The van der Waals surface area contributed by atoms with E-state index in [1.807, 2.05) is 12.2 Å². The molecule has 1 aliphatic carbocycles. The molecular weight excluding hydrogens is 374 g/mol. The first-order valence-corrected chi connectivity index (χ1v) is 12.2. The number of dihydropyridines is 1. The molecule has 3 fully saturated rings. The SMILES string of the molecule is CC(C)N1CCC(N2CCCN(C3C=CC=C(C(=O)NCC4CC4)N3)CC2C)CC1. The first kappa shape index (κ1) is 21.8. The molecule has 0 radical (unpaired) electrons. The summed E-state index contributed by atoms with van der Waals surface area (Å²) in [6.45, 7) is 13.6. The number of allylic oxidation sites excluding steroid dienone is 2. The highest BCUT2D eigenvalue weighted by Crippen LogP contribution is 2.27. The number of hydrogen-bond acceptors (Lipinski definition) is 5. The summed E-state index contributed by atoms with van der Waals surface area (Å²) in [7, 11) is 0. The summed E-state index contributed by atoms with van der Waals surface area (Å²) in [5.41, 5.74) is 0.706. The van der Waals surface area contributed by atoms with Crippen LogP contribution in [-0.4, -0.2) is 84.2 Å². The number of carbonyl (C=O) groups excluding carboxylic acids is 1. The van der Waals surface area contributed by atoms with Gasteiger partial charge in [-0.3, -0.25) is 14.6 Å². The van der Waals surface area contributed by atoms with Crippen LogP contribution in [0.1, 0.15) is 52.9 Å². The molecule has 0 spiro atoms. The molecule has 2 atom stereocenters. The minimum absolute atomic E-state index is 0.0395. The Kier molecular flexibility index (Phi) is 7.16. The van der Waals surface area contributed by atoms with E-state index in [0.29, 0.717) is 29.7 Å². The lowest BCUT2D eigenvalue weighted by Gasteiger charge is -2.42. The Morgan fingerprint density at radius 3 is 2.63 bits per heavy atom. The Morgan fingerprint density at radius 2 is 1.93 bits per heavy atom. The van der Waals surface area contributed by atoms with Crippen molar-refractivity contribution in [1.82, 2.24) is 25.3 Å². The molecule has 0 aromatic heterocycles. The van der Waals surface area contributed by atoms with Crippen molar-refractivity contribution in [3.8, 4) is 0 Å². The van der Waals surface area contributed by atoms with Crippen molar-refractivity contribution in [3.05, 3.63) is 23.9 Å². The highest BCUT2D eigenvalue weighted by molar-refractivity contribution is 5.93. The third-order valence-corrected chi connectivity index (χ3v) is 7.37. The van der Waals surface area contributed by atoms with E-state index in [9.17, 15) is 4.79 Å². The lowest BCUT2D eigenvalue weighted by molar-refractivity contribution is -0.118. The number of amides is 1. The van der Waals surface area contributed by atoms with Gasteiger partial charge in [-0.15, -0.1) is 0 Å². The van der Waals surface area contributed by atoms with E-state index >= 15 is 0 Å². The second-order valence-electron chi connectivity index (χ2n) is 10.0. The molecule has 0 aromatic carbocycles. The van der Waals surface area contributed by atoms with Gasteiger partial charge in [-0.2, -0.15) is 0 Å². The molecule has 4 aliphatic rings. The lowest BCUT2D eigenvalue weighted by Crippen LogP contribution is -2.53. The average Bonchev–Trinajstić information content (AvgIpc) is 3.60. The van der Waals surface area contributed by atoms with Crippen molar-refractivity contribution in [2.24, 2.45) is 5.92 Å². The van der Waals surface area contributed by atoms with E-state index in [4.69, 9.17) is 0 Å². The molecule has 0 aromatic rings. The standard InChI is InChI=1S/C24H41N5O/c1-18(2)27-14-10-21(11-15-27)29-13-5-12-28(17-19(29)3)23-7-4-6-22(26-23)24(30)25-16-20-8-9-20/h4,6-7,18-21,23,26H,5,8-17H2,1-3H3,(H,25,30). The van der Waals surface area contributed by atoms with Gasteiger partial charge in [0.2, 0.25) is 0 Å². The fourth-order valence-electron chi connectivity index (χ4n) is 5.26. The van der Waals surface area contributed by atoms with E-state index in [-0.39, 0.29) is 12.1 Å². The average molecular weight is 416 g/mol. The number of carbonyl (C=O) groups is 1. The van der Waals surface area contributed by atoms with Crippen LogP contribution >= 0.6 is 0 Å². The van der Waals surface area contributed by atoms with E-state index in [2.05, 4.69) is 52.2 Å². The smallest absolute Gasteiger partial charge is 0.267 e. The van der Waals surface area contributed by atoms with Gasteiger partial charge in [0.1, 0.15) is 5.70 Å². The van der Waals surface area contributed by atoms with Gasteiger partial charge in [0.25, 0.3) is 5.91 Å². The molecule has 3 heterocycles. The Hall–Kier alpha value is -1.37. The van der Waals surface area contributed by atoms with Crippen molar-refractivity contribution >= 4 is 5.91 Å². The predicted octanol–water partition coefficient (Wildman–Crippen LogP) is 2.15. The maximum atomic E-state index is 12.5. The molecule has 6 heteroatoms. The van der Waals surface area contributed by atoms with Crippen LogP contribution in [0.3, 0.4) is 0 Å².